The molecule has 8 nitrogen and oxygen atoms in total. The molecule has 1 unspecified atom stereocenters. The van der Waals surface area contributed by atoms with Gasteiger partial charge in [0.05, 0.1) is 25.9 Å². The molecule has 0 aromatic heterocycles. The van der Waals surface area contributed by atoms with Crippen molar-refractivity contribution in [3.8, 4) is 11.5 Å². The van der Waals surface area contributed by atoms with Gasteiger partial charge < -0.3 is 39.4 Å². The molecular formula is C28H36O8. The lowest BCUT2D eigenvalue weighted by Crippen LogP contribution is -2.55. The largest absolute Gasteiger partial charge is 0.490 e. The second kappa shape index (κ2) is 11.5. The molecule has 2 aliphatic heterocycles. The number of benzene rings is 2. The van der Waals surface area contributed by atoms with Crippen LogP contribution in [-0.2, 0) is 15.9 Å². The highest BCUT2D eigenvalue weighted by Gasteiger charge is 2.44. The maximum Gasteiger partial charge on any atom is 0.124 e. The molecular weight excluding hydrogens is 464 g/mol. The molecule has 1 saturated carbocycles. The van der Waals surface area contributed by atoms with Crippen molar-refractivity contribution in [2.24, 2.45) is 0 Å². The smallest absolute Gasteiger partial charge is 0.124 e. The van der Waals surface area contributed by atoms with Crippen molar-refractivity contribution in [3.05, 3.63) is 59.2 Å². The topological polar surface area (TPSA) is 118 Å². The van der Waals surface area contributed by atoms with Gasteiger partial charge in [0.2, 0.25) is 0 Å². The first-order chi connectivity index (χ1) is 17.5. The first-order valence-electron chi connectivity index (χ1n) is 12.9. The van der Waals surface area contributed by atoms with Gasteiger partial charge in [-0.3, -0.25) is 0 Å². The highest BCUT2D eigenvalue weighted by Crippen LogP contribution is 2.36. The van der Waals surface area contributed by atoms with Crippen molar-refractivity contribution >= 4 is 0 Å². The average molecular weight is 501 g/mol. The highest BCUT2D eigenvalue weighted by molar-refractivity contribution is 5.40. The van der Waals surface area contributed by atoms with Crippen LogP contribution in [-0.4, -0.2) is 76.9 Å². The first kappa shape index (κ1) is 25.4. The molecule has 0 amide bonds. The predicted octanol–water partition coefficient (Wildman–Crippen LogP) is 2.28. The minimum Gasteiger partial charge on any atom is -0.490 e. The lowest BCUT2D eigenvalue weighted by Gasteiger charge is -2.40. The minimum atomic E-state index is -1.43. The molecule has 3 fully saturated rings. The van der Waals surface area contributed by atoms with Crippen molar-refractivity contribution in [3.63, 3.8) is 0 Å². The molecule has 3 aliphatic rings. The van der Waals surface area contributed by atoms with E-state index in [2.05, 4.69) is 0 Å². The summed E-state index contributed by atoms with van der Waals surface area (Å²) in [5.41, 5.74) is 2.69. The summed E-state index contributed by atoms with van der Waals surface area (Å²) in [7, 11) is 0. The molecule has 8 heteroatoms. The number of hydrogen-bond donors (Lipinski definition) is 4. The molecule has 1 aliphatic carbocycles. The summed E-state index contributed by atoms with van der Waals surface area (Å²) >= 11 is 0. The van der Waals surface area contributed by atoms with Gasteiger partial charge in [0.15, 0.2) is 0 Å². The van der Waals surface area contributed by atoms with Crippen molar-refractivity contribution in [1.82, 2.24) is 0 Å². The van der Waals surface area contributed by atoms with Crippen LogP contribution < -0.4 is 9.47 Å². The van der Waals surface area contributed by atoms with Gasteiger partial charge in [0.25, 0.3) is 0 Å². The van der Waals surface area contributed by atoms with Crippen LogP contribution in [0.1, 0.15) is 54.9 Å². The van der Waals surface area contributed by atoms with E-state index in [-0.39, 0.29) is 12.2 Å². The molecule has 2 heterocycles. The van der Waals surface area contributed by atoms with Crippen LogP contribution in [0.5, 0.6) is 11.5 Å². The lowest BCUT2D eigenvalue weighted by molar-refractivity contribution is -0.231. The third-order valence-electron chi connectivity index (χ3n) is 7.34. The number of hydrogen-bond acceptors (Lipinski definition) is 8. The molecule has 2 aromatic carbocycles. The Morgan fingerprint density at radius 3 is 2.22 bits per heavy atom. The fourth-order valence-corrected chi connectivity index (χ4v) is 5.32. The van der Waals surface area contributed by atoms with E-state index in [0.717, 1.165) is 55.6 Å². The highest BCUT2D eigenvalue weighted by atomic mass is 16.6. The van der Waals surface area contributed by atoms with Crippen molar-refractivity contribution in [1.29, 1.82) is 0 Å². The quantitative estimate of drug-likeness (QED) is 0.436. The monoisotopic (exact) mass is 500 g/mol. The second-order valence-corrected chi connectivity index (χ2v) is 10.1. The summed E-state index contributed by atoms with van der Waals surface area (Å²) in [4.78, 5) is 0. The minimum absolute atomic E-state index is 0.0985. The average Bonchev–Trinajstić information content (AvgIpc) is 3.58. The standard InChI is InChI=1S/C28H36O8/c29-15-24-25(30)26(31)27(32)28(36-24)19-12-18(13-23(14-19)35-20-3-1-2-4-20)11-17-5-7-21(8-6-17)34-22-9-10-33-16-22/h5-8,12-14,20,22,24-32H,1-4,9-11,15-16H2/t22?,24-,25-,26+,27-,28+/m1/s1. The molecule has 5 rings (SSSR count). The fraction of sp³-hybridized carbons (Fsp3) is 0.571. The zero-order valence-electron chi connectivity index (χ0n) is 20.4. The van der Waals surface area contributed by atoms with Crippen LogP contribution in [0.2, 0.25) is 0 Å². The summed E-state index contributed by atoms with van der Waals surface area (Å²) in [6.45, 7) is 0.892. The van der Waals surface area contributed by atoms with E-state index in [4.69, 9.17) is 18.9 Å². The number of aliphatic hydroxyl groups excluding tert-OH is 4. The zero-order chi connectivity index (χ0) is 25.1. The van der Waals surface area contributed by atoms with E-state index in [9.17, 15) is 20.4 Å². The normalized spacial score (nSPS) is 31.0. The Balaban J connectivity index is 1.37. The van der Waals surface area contributed by atoms with Crippen LogP contribution in [0, 0.1) is 0 Å². The van der Waals surface area contributed by atoms with E-state index >= 15 is 0 Å². The van der Waals surface area contributed by atoms with Gasteiger partial charge in [-0.05, 0) is 73.1 Å². The molecule has 2 aromatic rings. The Bertz CT molecular complexity index is 982. The first-order valence-corrected chi connectivity index (χ1v) is 12.9. The van der Waals surface area contributed by atoms with E-state index in [0.29, 0.717) is 24.3 Å². The Kier molecular flexibility index (Phi) is 8.10. The molecule has 36 heavy (non-hydrogen) atoms. The SMILES string of the molecule is OC[C@H]1O[C@@H](c2cc(Cc3ccc(OC4CCOC4)cc3)cc(OC3CCCC3)c2)[C@H](O)[C@@H](O)[C@@H]1O. The van der Waals surface area contributed by atoms with Crippen molar-refractivity contribution < 1.29 is 39.4 Å². The van der Waals surface area contributed by atoms with Crippen molar-refractivity contribution in [2.75, 3.05) is 19.8 Å². The number of aliphatic hydroxyl groups is 4. The molecule has 0 bridgehead atoms. The maximum atomic E-state index is 10.7. The maximum absolute atomic E-state index is 10.7. The molecule has 2 saturated heterocycles. The third kappa shape index (κ3) is 5.85. The van der Waals surface area contributed by atoms with Gasteiger partial charge in [0, 0.05) is 6.42 Å². The van der Waals surface area contributed by atoms with Crippen LogP contribution in [0.15, 0.2) is 42.5 Å². The third-order valence-corrected chi connectivity index (χ3v) is 7.34. The fourth-order valence-electron chi connectivity index (χ4n) is 5.32. The van der Waals surface area contributed by atoms with E-state index in [1.165, 1.54) is 0 Å². The molecule has 0 spiro atoms. The van der Waals surface area contributed by atoms with Gasteiger partial charge >= 0.3 is 0 Å². The summed E-state index contributed by atoms with van der Waals surface area (Å²) in [5.74, 6) is 1.50. The summed E-state index contributed by atoms with van der Waals surface area (Å²) in [6.07, 6.45) is 0.0435. The molecule has 4 N–H and O–H groups in total. The van der Waals surface area contributed by atoms with Gasteiger partial charge in [-0.1, -0.05) is 18.2 Å². The number of ether oxygens (including phenoxy) is 4. The van der Waals surface area contributed by atoms with Crippen LogP contribution in [0.3, 0.4) is 0 Å². The van der Waals surface area contributed by atoms with Gasteiger partial charge in [-0.2, -0.15) is 0 Å². The van der Waals surface area contributed by atoms with Gasteiger partial charge in [-0.25, -0.2) is 0 Å². The van der Waals surface area contributed by atoms with Crippen LogP contribution >= 0.6 is 0 Å². The Labute approximate surface area is 211 Å². The van der Waals surface area contributed by atoms with Crippen LogP contribution in [0.25, 0.3) is 0 Å². The Morgan fingerprint density at radius 2 is 1.53 bits per heavy atom. The van der Waals surface area contributed by atoms with E-state index in [1.54, 1.807) is 0 Å². The Hall–Kier alpha value is -2.20. The lowest BCUT2D eigenvalue weighted by atomic mass is 9.90. The number of rotatable bonds is 8. The zero-order valence-corrected chi connectivity index (χ0v) is 20.4. The van der Waals surface area contributed by atoms with Gasteiger partial charge in [-0.15, -0.1) is 0 Å². The van der Waals surface area contributed by atoms with Crippen molar-refractivity contribution in [2.45, 2.75) is 81.3 Å². The summed E-state index contributed by atoms with van der Waals surface area (Å²) in [5, 5.41) is 40.8. The predicted molar refractivity (Wildman–Crippen MR) is 131 cm³/mol. The summed E-state index contributed by atoms with van der Waals surface area (Å²) < 4.78 is 23.5. The summed E-state index contributed by atoms with van der Waals surface area (Å²) in [6, 6.07) is 13.7. The Morgan fingerprint density at radius 1 is 0.778 bits per heavy atom. The van der Waals surface area contributed by atoms with E-state index in [1.807, 2.05) is 42.5 Å². The second-order valence-electron chi connectivity index (χ2n) is 10.1. The molecule has 196 valence electrons. The molecule has 0 radical (unpaired) electrons. The van der Waals surface area contributed by atoms with E-state index < -0.39 is 37.1 Å². The molecule has 6 atom stereocenters. The van der Waals surface area contributed by atoms with Crippen LogP contribution in [0.4, 0.5) is 0 Å². The van der Waals surface area contributed by atoms with Gasteiger partial charge in [0.1, 0.15) is 48.1 Å².